The van der Waals surface area contributed by atoms with Crippen LogP contribution in [0.2, 0.25) is 0 Å². The first-order chi connectivity index (χ1) is 14.2. The van der Waals surface area contributed by atoms with E-state index in [1.54, 1.807) is 6.20 Å². The number of pyridine rings is 1. The molecule has 0 saturated carbocycles. The fourth-order valence-electron chi connectivity index (χ4n) is 2.58. The van der Waals surface area contributed by atoms with Gasteiger partial charge in [0.25, 0.3) is 0 Å². The van der Waals surface area contributed by atoms with E-state index in [1.807, 2.05) is 32.0 Å². The Labute approximate surface area is 181 Å². The first-order valence-electron chi connectivity index (χ1n) is 9.80. The zero-order chi connectivity index (χ0) is 21.3. The van der Waals surface area contributed by atoms with Crippen molar-refractivity contribution < 1.29 is 19.1 Å². The van der Waals surface area contributed by atoms with Crippen LogP contribution in [0.5, 0.6) is 0 Å². The number of nitrogens with zero attached hydrogens (tertiary/aromatic N) is 1. The van der Waals surface area contributed by atoms with Crippen molar-refractivity contribution in [3.05, 3.63) is 24.4 Å². The highest BCUT2D eigenvalue weighted by atomic mass is 33.1. The minimum atomic E-state index is -0.558. The number of amides is 1. The van der Waals surface area contributed by atoms with E-state index < -0.39 is 12.2 Å². The predicted octanol–water partition coefficient (Wildman–Crippen LogP) is 2.15. The van der Waals surface area contributed by atoms with Crippen LogP contribution >= 0.6 is 21.8 Å². The Kier molecular flexibility index (Phi) is 14.8. The largest absolute Gasteiger partial charge is 0.351 e. The van der Waals surface area contributed by atoms with Gasteiger partial charge in [-0.1, -0.05) is 6.07 Å². The molecule has 0 saturated heterocycles. The number of aromatic nitrogens is 1. The summed E-state index contributed by atoms with van der Waals surface area (Å²) >= 11 is 0. The van der Waals surface area contributed by atoms with E-state index in [0.29, 0.717) is 39.1 Å². The molecule has 0 spiro atoms. The van der Waals surface area contributed by atoms with Gasteiger partial charge in [-0.25, -0.2) is 4.98 Å². The lowest BCUT2D eigenvalue weighted by molar-refractivity contribution is -0.160. The summed E-state index contributed by atoms with van der Waals surface area (Å²) in [5.74, 6) is -0.617. The van der Waals surface area contributed by atoms with Gasteiger partial charge < -0.3 is 25.3 Å². The number of rotatable bonds is 17. The number of hydrogen-bond acceptors (Lipinski definition) is 9. The molecule has 0 bridgehead atoms. The monoisotopic (exact) mass is 444 g/mol. The summed E-state index contributed by atoms with van der Waals surface area (Å²) in [5.41, 5.74) is 5.69. The first kappa shape index (κ1) is 25.9. The highest BCUT2D eigenvalue weighted by Gasteiger charge is 2.27. The molecule has 1 aromatic heterocycles. The second-order valence-corrected chi connectivity index (χ2v) is 8.13. The maximum absolute atomic E-state index is 12.7. The molecule has 1 aromatic rings. The lowest BCUT2D eigenvalue weighted by atomic mass is 10.0. The number of carbonyl (C=O) groups excluding carboxylic acids is 2. The van der Waals surface area contributed by atoms with Crippen molar-refractivity contribution in [2.45, 2.75) is 50.5 Å². The Bertz CT molecular complexity index is 562. The lowest BCUT2D eigenvalue weighted by Gasteiger charge is -2.28. The molecule has 1 heterocycles. The summed E-state index contributed by atoms with van der Waals surface area (Å²) in [4.78, 5) is 28.0. The maximum Gasteiger partial charge on any atom is 0.223 e. The molecule has 0 fully saturated rings. The van der Waals surface area contributed by atoms with Gasteiger partial charge in [0.15, 0.2) is 6.29 Å². The third-order valence-electron chi connectivity index (χ3n) is 3.97. The summed E-state index contributed by atoms with van der Waals surface area (Å²) in [5, 5.41) is 3.86. The number of ether oxygens (including phenoxy) is 2. The smallest absolute Gasteiger partial charge is 0.223 e. The second kappa shape index (κ2) is 16.6. The molecule has 0 radical (unpaired) electrons. The Morgan fingerprint density at radius 3 is 2.62 bits per heavy atom. The third kappa shape index (κ3) is 11.0. The lowest BCUT2D eigenvalue weighted by Crippen LogP contribution is -2.49. The minimum absolute atomic E-state index is 0.162. The standard InChI is InChI=1S/C19H32N4O4S2/c1-3-26-19(27-4-2)16(8-11-20)23-18(25)15(10-14-24)9-13-22-29-28-17-7-5-6-12-21-17/h5-7,12,14-16,19,22H,3-4,8-11,13,20H2,1-2H3,(H,23,25). The topological polar surface area (TPSA) is 116 Å². The number of nitrogens with two attached hydrogens (primary N) is 1. The van der Waals surface area contributed by atoms with Gasteiger partial charge in [0.2, 0.25) is 5.91 Å². The minimum Gasteiger partial charge on any atom is -0.351 e. The maximum atomic E-state index is 12.7. The molecule has 2 atom stereocenters. The average Bonchev–Trinajstić information content (AvgIpc) is 2.73. The van der Waals surface area contributed by atoms with Crippen molar-refractivity contribution in [3.8, 4) is 0 Å². The molecule has 8 nitrogen and oxygen atoms in total. The van der Waals surface area contributed by atoms with Crippen molar-refractivity contribution in [3.63, 3.8) is 0 Å². The van der Waals surface area contributed by atoms with E-state index >= 15 is 0 Å². The summed E-state index contributed by atoms with van der Waals surface area (Å²) in [7, 11) is 2.95. The molecule has 0 aliphatic carbocycles. The van der Waals surface area contributed by atoms with Gasteiger partial charge >= 0.3 is 0 Å². The summed E-state index contributed by atoms with van der Waals surface area (Å²) in [6, 6.07) is 5.36. The Morgan fingerprint density at radius 1 is 1.28 bits per heavy atom. The predicted molar refractivity (Wildman–Crippen MR) is 117 cm³/mol. The Hall–Kier alpha value is -1.17. The van der Waals surface area contributed by atoms with Crippen LogP contribution in [0.4, 0.5) is 0 Å². The molecular formula is C19H32N4O4S2. The van der Waals surface area contributed by atoms with Crippen molar-refractivity contribution in [1.29, 1.82) is 0 Å². The van der Waals surface area contributed by atoms with E-state index in [4.69, 9.17) is 15.2 Å². The average molecular weight is 445 g/mol. The van der Waals surface area contributed by atoms with Crippen LogP contribution in [0.1, 0.15) is 33.1 Å². The van der Waals surface area contributed by atoms with Crippen LogP contribution in [-0.2, 0) is 19.1 Å². The molecule has 1 amide bonds. The van der Waals surface area contributed by atoms with E-state index in [-0.39, 0.29) is 18.4 Å². The summed E-state index contributed by atoms with van der Waals surface area (Å²) < 4.78 is 14.4. The molecule has 4 N–H and O–H groups in total. The van der Waals surface area contributed by atoms with Gasteiger partial charge in [0.1, 0.15) is 11.3 Å². The normalized spacial score (nSPS) is 13.2. The van der Waals surface area contributed by atoms with Gasteiger partial charge in [0, 0.05) is 38.3 Å². The Balaban J connectivity index is 2.51. The van der Waals surface area contributed by atoms with Crippen molar-refractivity contribution in [2.24, 2.45) is 11.7 Å². The second-order valence-electron chi connectivity index (χ2n) is 6.09. The summed E-state index contributed by atoms with van der Waals surface area (Å²) in [6.07, 6.45) is 3.18. The molecule has 10 heteroatoms. The van der Waals surface area contributed by atoms with Gasteiger partial charge in [-0.05, 0) is 67.1 Å². The molecule has 0 aliphatic rings. The van der Waals surface area contributed by atoms with E-state index in [9.17, 15) is 9.59 Å². The zero-order valence-electron chi connectivity index (χ0n) is 17.0. The number of carbonyl (C=O) groups is 2. The molecule has 1 rings (SSSR count). The van der Waals surface area contributed by atoms with Gasteiger partial charge in [-0.15, -0.1) is 0 Å². The van der Waals surface area contributed by atoms with Crippen LogP contribution in [0.15, 0.2) is 29.4 Å². The number of hydrogen-bond donors (Lipinski definition) is 3. The molecule has 164 valence electrons. The van der Waals surface area contributed by atoms with Crippen molar-refractivity contribution in [2.75, 3.05) is 26.3 Å². The van der Waals surface area contributed by atoms with Crippen LogP contribution in [-0.4, -0.2) is 55.8 Å². The van der Waals surface area contributed by atoms with E-state index in [1.165, 1.54) is 21.8 Å². The summed E-state index contributed by atoms with van der Waals surface area (Å²) in [6.45, 7) is 5.65. The molecule has 0 aliphatic heterocycles. The SMILES string of the molecule is CCOC(OCC)C(CCN)NC(=O)C(CC=O)CCNSSc1ccccn1. The van der Waals surface area contributed by atoms with Crippen LogP contribution in [0.3, 0.4) is 0 Å². The van der Waals surface area contributed by atoms with E-state index in [2.05, 4.69) is 15.0 Å². The highest BCUT2D eigenvalue weighted by Crippen LogP contribution is 2.26. The van der Waals surface area contributed by atoms with Gasteiger partial charge in [-0.3, -0.25) is 9.52 Å². The number of aldehydes is 1. The highest BCUT2D eigenvalue weighted by molar-refractivity contribution is 8.76. The van der Waals surface area contributed by atoms with Crippen LogP contribution in [0, 0.1) is 5.92 Å². The van der Waals surface area contributed by atoms with Crippen molar-refractivity contribution >= 4 is 34.0 Å². The fourth-order valence-corrected chi connectivity index (χ4v) is 4.14. The van der Waals surface area contributed by atoms with Gasteiger partial charge in [0.05, 0.1) is 6.04 Å². The van der Waals surface area contributed by atoms with Crippen LogP contribution in [0.25, 0.3) is 0 Å². The molecule has 29 heavy (non-hydrogen) atoms. The molecule has 2 unspecified atom stereocenters. The quantitative estimate of drug-likeness (QED) is 0.109. The Morgan fingerprint density at radius 2 is 2.03 bits per heavy atom. The van der Waals surface area contributed by atoms with Crippen LogP contribution < -0.4 is 15.8 Å². The zero-order valence-corrected chi connectivity index (χ0v) is 18.7. The van der Waals surface area contributed by atoms with E-state index in [0.717, 1.165) is 11.3 Å². The number of nitrogens with one attached hydrogen (secondary N) is 2. The molecule has 0 aromatic carbocycles. The fraction of sp³-hybridized carbons (Fsp3) is 0.632. The molecular weight excluding hydrogens is 412 g/mol. The van der Waals surface area contributed by atoms with Crippen molar-refractivity contribution in [1.82, 2.24) is 15.0 Å². The third-order valence-corrected chi connectivity index (χ3v) is 5.90. The first-order valence-corrected chi connectivity index (χ1v) is 12.0. The van der Waals surface area contributed by atoms with Gasteiger partial charge in [-0.2, -0.15) is 0 Å².